The third-order valence-electron chi connectivity index (χ3n) is 4.79. The van der Waals surface area contributed by atoms with Crippen molar-refractivity contribution in [2.45, 2.75) is 45.9 Å². The van der Waals surface area contributed by atoms with Crippen molar-refractivity contribution in [3.63, 3.8) is 0 Å². The molecule has 0 spiro atoms. The molecule has 0 aliphatic carbocycles. The number of carbonyl (C=O) groups is 2. The van der Waals surface area contributed by atoms with Gasteiger partial charge in [0.25, 0.3) is 11.8 Å². The van der Waals surface area contributed by atoms with Crippen molar-refractivity contribution in [2.24, 2.45) is 0 Å². The SMILES string of the molecule is CCCN(CC)C(=O)[C@H](O)C(O)C(=O)NCc1ccc(-c2cccnc2OCC)cc1. The summed E-state index contributed by atoms with van der Waals surface area (Å²) >= 11 is 0. The lowest BCUT2D eigenvalue weighted by Gasteiger charge is -2.25. The molecular formula is C23H31N3O5. The maximum atomic E-state index is 12.3. The summed E-state index contributed by atoms with van der Waals surface area (Å²) in [5.74, 6) is -0.904. The molecule has 1 aromatic heterocycles. The molecule has 1 heterocycles. The van der Waals surface area contributed by atoms with Gasteiger partial charge in [0.05, 0.1) is 6.61 Å². The average Bonchev–Trinajstić information content (AvgIpc) is 2.80. The highest BCUT2D eigenvalue weighted by Gasteiger charge is 2.32. The third-order valence-corrected chi connectivity index (χ3v) is 4.79. The molecule has 31 heavy (non-hydrogen) atoms. The topological polar surface area (TPSA) is 112 Å². The summed E-state index contributed by atoms with van der Waals surface area (Å²) in [6.45, 7) is 7.09. The zero-order valence-electron chi connectivity index (χ0n) is 18.2. The first-order valence-electron chi connectivity index (χ1n) is 10.5. The number of pyridine rings is 1. The summed E-state index contributed by atoms with van der Waals surface area (Å²) in [5.41, 5.74) is 2.58. The molecule has 0 saturated carbocycles. The second-order valence-electron chi connectivity index (χ2n) is 7.01. The molecule has 2 aromatic rings. The Bertz CT molecular complexity index is 857. The number of aromatic nitrogens is 1. The second-order valence-corrected chi connectivity index (χ2v) is 7.01. The van der Waals surface area contributed by atoms with Gasteiger partial charge in [0.2, 0.25) is 5.88 Å². The fourth-order valence-electron chi connectivity index (χ4n) is 3.12. The fraction of sp³-hybridized carbons (Fsp3) is 0.435. The minimum absolute atomic E-state index is 0.148. The van der Waals surface area contributed by atoms with Crippen molar-refractivity contribution in [3.05, 3.63) is 48.2 Å². The van der Waals surface area contributed by atoms with Gasteiger partial charge in [-0.15, -0.1) is 0 Å². The normalized spacial score (nSPS) is 12.7. The zero-order chi connectivity index (χ0) is 22.8. The first kappa shape index (κ1) is 24.3. The van der Waals surface area contributed by atoms with E-state index < -0.39 is 24.0 Å². The highest BCUT2D eigenvalue weighted by molar-refractivity contribution is 5.90. The highest BCUT2D eigenvalue weighted by Crippen LogP contribution is 2.27. The molecule has 1 aromatic carbocycles. The Labute approximate surface area is 182 Å². The van der Waals surface area contributed by atoms with Crippen LogP contribution < -0.4 is 10.1 Å². The Balaban J connectivity index is 1.97. The van der Waals surface area contributed by atoms with E-state index in [1.165, 1.54) is 4.90 Å². The van der Waals surface area contributed by atoms with Crippen molar-refractivity contribution in [1.29, 1.82) is 0 Å². The van der Waals surface area contributed by atoms with Crippen LogP contribution in [0.15, 0.2) is 42.6 Å². The van der Waals surface area contributed by atoms with Crippen LogP contribution >= 0.6 is 0 Å². The standard InChI is InChI=1S/C23H31N3O5/c1-4-14-26(5-2)23(30)20(28)19(27)21(29)25-15-16-9-11-17(12-10-16)18-8-7-13-24-22(18)31-6-3/h7-13,19-20,27-28H,4-6,14-15H2,1-3H3,(H,25,29)/t19?,20-/m1/s1. The highest BCUT2D eigenvalue weighted by atomic mass is 16.5. The van der Waals surface area contributed by atoms with Crippen molar-refractivity contribution in [3.8, 4) is 17.0 Å². The first-order chi connectivity index (χ1) is 14.9. The Hall–Kier alpha value is -2.97. The third kappa shape index (κ3) is 6.50. The van der Waals surface area contributed by atoms with E-state index in [1.54, 1.807) is 13.1 Å². The lowest BCUT2D eigenvalue weighted by Crippen LogP contribution is -2.50. The first-order valence-corrected chi connectivity index (χ1v) is 10.5. The van der Waals surface area contributed by atoms with Crippen LogP contribution in [0.3, 0.4) is 0 Å². The van der Waals surface area contributed by atoms with Crippen LogP contribution in [0, 0.1) is 0 Å². The molecule has 0 fully saturated rings. The van der Waals surface area contributed by atoms with E-state index in [4.69, 9.17) is 4.74 Å². The molecule has 8 nitrogen and oxygen atoms in total. The van der Waals surface area contributed by atoms with Crippen LogP contribution in [0.5, 0.6) is 5.88 Å². The number of aliphatic hydroxyl groups excluding tert-OH is 2. The van der Waals surface area contributed by atoms with Crippen molar-refractivity contribution in [1.82, 2.24) is 15.2 Å². The summed E-state index contributed by atoms with van der Waals surface area (Å²) in [4.78, 5) is 30.1. The van der Waals surface area contributed by atoms with Gasteiger partial charge in [-0.05, 0) is 43.5 Å². The lowest BCUT2D eigenvalue weighted by atomic mass is 10.0. The minimum atomic E-state index is -1.83. The van der Waals surface area contributed by atoms with Gasteiger partial charge in [0.1, 0.15) is 0 Å². The Morgan fingerprint density at radius 1 is 1.10 bits per heavy atom. The van der Waals surface area contributed by atoms with E-state index >= 15 is 0 Å². The average molecular weight is 430 g/mol. The Morgan fingerprint density at radius 3 is 2.42 bits per heavy atom. The number of hydrogen-bond donors (Lipinski definition) is 3. The summed E-state index contributed by atoms with van der Waals surface area (Å²) < 4.78 is 5.56. The maximum absolute atomic E-state index is 12.3. The van der Waals surface area contributed by atoms with Crippen LogP contribution in [0.1, 0.15) is 32.8 Å². The van der Waals surface area contributed by atoms with Crippen LogP contribution in [-0.4, -0.2) is 63.8 Å². The minimum Gasteiger partial charge on any atom is -0.478 e. The number of carbonyl (C=O) groups excluding carboxylic acids is 2. The number of rotatable bonds is 11. The van der Waals surface area contributed by atoms with E-state index in [-0.39, 0.29) is 6.54 Å². The van der Waals surface area contributed by atoms with Crippen molar-refractivity contribution in [2.75, 3.05) is 19.7 Å². The lowest BCUT2D eigenvalue weighted by molar-refractivity contribution is -0.153. The van der Waals surface area contributed by atoms with Gasteiger partial charge in [-0.25, -0.2) is 4.98 Å². The molecule has 0 aliphatic heterocycles. The number of aliphatic hydroxyl groups is 2. The van der Waals surface area contributed by atoms with Gasteiger partial charge in [-0.1, -0.05) is 31.2 Å². The number of likely N-dealkylation sites (N-methyl/N-ethyl adjacent to an activating group) is 1. The predicted molar refractivity (Wildman–Crippen MR) is 117 cm³/mol. The quantitative estimate of drug-likeness (QED) is 0.502. The van der Waals surface area contributed by atoms with Crippen LogP contribution in [0.4, 0.5) is 0 Å². The van der Waals surface area contributed by atoms with Crippen molar-refractivity contribution < 1.29 is 24.5 Å². The van der Waals surface area contributed by atoms with Gasteiger partial charge in [-0.3, -0.25) is 9.59 Å². The summed E-state index contributed by atoms with van der Waals surface area (Å²) in [7, 11) is 0. The van der Waals surface area contributed by atoms with Crippen LogP contribution in [0.2, 0.25) is 0 Å². The van der Waals surface area contributed by atoms with Gasteiger partial charge in [0.15, 0.2) is 12.2 Å². The molecule has 2 rings (SSSR count). The number of nitrogens with one attached hydrogen (secondary N) is 1. The predicted octanol–water partition coefficient (Wildman–Crippen LogP) is 1.74. The largest absolute Gasteiger partial charge is 0.478 e. The smallest absolute Gasteiger partial charge is 0.254 e. The molecule has 0 radical (unpaired) electrons. The number of hydrogen-bond acceptors (Lipinski definition) is 6. The maximum Gasteiger partial charge on any atom is 0.254 e. The molecule has 1 unspecified atom stereocenters. The Morgan fingerprint density at radius 2 is 1.81 bits per heavy atom. The molecule has 0 bridgehead atoms. The zero-order valence-corrected chi connectivity index (χ0v) is 18.2. The summed E-state index contributed by atoms with van der Waals surface area (Å²) in [5, 5.41) is 22.7. The molecule has 2 atom stereocenters. The van der Waals surface area contributed by atoms with Gasteiger partial charge in [0, 0.05) is 31.4 Å². The van der Waals surface area contributed by atoms with Crippen LogP contribution in [0.25, 0.3) is 11.1 Å². The van der Waals surface area contributed by atoms with Gasteiger partial charge < -0.3 is 25.2 Å². The van der Waals surface area contributed by atoms with Gasteiger partial charge in [-0.2, -0.15) is 0 Å². The van der Waals surface area contributed by atoms with E-state index in [1.807, 2.05) is 50.2 Å². The second kappa shape index (κ2) is 12.0. The van der Waals surface area contributed by atoms with E-state index in [2.05, 4.69) is 10.3 Å². The number of ether oxygens (including phenoxy) is 1. The fourth-order valence-corrected chi connectivity index (χ4v) is 3.12. The molecule has 0 saturated heterocycles. The molecule has 2 amide bonds. The van der Waals surface area contributed by atoms with E-state index in [9.17, 15) is 19.8 Å². The summed E-state index contributed by atoms with van der Waals surface area (Å²) in [6.07, 6.45) is -1.24. The number of nitrogens with zero attached hydrogens (tertiary/aromatic N) is 2. The molecular weight excluding hydrogens is 398 g/mol. The Kier molecular flexibility index (Phi) is 9.42. The van der Waals surface area contributed by atoms with Gasteiger partial charge >= 0.3 is 0 Å². The number of benzene rings is 1. The molecule has 168 valence electrons. The molecule has 3 N–H and O–H groups in total. The van der Waals surface area contributed by atoms with Crippen molar-refractivity contribution >= 4 is 11.8 Å². The monoisotopic (exact) mass is 429 g/mol. The molecule has 8 heteroatoms. The summed E-state index contributed by atoms with van der Waals surface area (Å²) in [6, 6.07) is 11.2. The number of amides is 2. The van der Waals surface area contributed by atoms with E-state index in [0.717, 1.165) is 23.1 Å². The molecule has 0 aliphatic rings. The van der Waals surface area contributed by atoms with E-state index in [0.29, 0.717) is 25.6 Å². The van der Waals surface area contributed by atoms with Crippen LogP contribution in [-0.2, 0) is 16.1 Å².